The van der Waals surface area contributed by atoms with Gasteiger partial charge in [0, 0.05) is 18.5 Å². The van der Waals surface area contributed by atoms with Crippen LogP contribution in [0.3, 0.4) is 0 Å². The molecular weight excluding hydrogens is 168 g/mol. The second-order valence-corrected chi connectivity index (χ2v) is 3.31. The van der Waals surface area contributed by atoms with Gasteiger partial charge in [0.05, 0.1) is 6.61 Å². The van der Waals surface area contributed by atoms with Crippen molar-refractivity contribution in [3.8, 4) is 0 Å². The number of rotatable bonds is 6. The summed E-state index contributed by atoms with van der Waals surface area (Å²) in [6.07, 6.45) is 0.457. The minimum Gasteiger partial charge on any atom is -0.394 e. The maximum absolute atomic E-state index is 11.2. The molecule has 0 aliphatic carbocycles. The lowest BCUT2D eigenvalue weighted by molar-refractivity contribution is -0.122. The first-order chi connectivity index (χ1) is 6.10. The minimum absolute atomic E-state index is 0.0126. The van der Waals surface area contributed by atoms with Crippen molar-refractivity contribution < 1.29 is 9.90 Å². The molecule has 0 aromatic heterocycles. The number of carbonyl (C=O) groups excluding carboxylic acids is 1. The van der Waals surface area contributed by atoms with Crippen molar-refractivity contribution in [2.24, 2.45) is 0 Å². The molecular formula is C9H20N2O2. The van der Waals surface area contributed by atoms with Gasteiger partial charge in [0.25, 0.3) is 0 Å². The molecule has 0 aromatic carbocycles. The Morgan fingerprint density at radius 3 is 2.46 bits per heavy atom. The van der Waals surface area contributed by atoms with Crippen LogP contribution in [0, 0.1) is 0 Å². The number of hydrogen-bond acceptors (Lipinski definition) is 3. The third-order valence-electron chi connectivity index (χ3n) is 1.73. The molecule has 0 fully saturated rings. The Labute approximate surface area is 79.7 Å². The third kappa shape index (κ3) is 6.54. The Morgan fingerprint density at radius 2 is 2.00 bits per heavy atom. The van der Waals surface area contributed by atoms with Gasteiger partial charge in [-0.05, 0) is 20.4 Å². The normalized spacial score (nSPS) is 15.1. The molecule has 2 atom stereocenters. The molecule has 4 nitrogen and oxygen atoms in total. The van der Waals surface area contributed by atoms with E-state index in [2.05, 4.69) is 10.6 Å². The van der Waals surface area contributed by atoms with Crippen LogP contribution in [0.15, 0.2) is 0 Å². The van der Waals surface area contributed by atoms with Crippen LogP contribution in [-0.4, -0.2) is 36.2 Å². The number of hydrogen-bond donors (Lipinski definition) is 3. The highest BCUT2D eigenvalue weighted by Gasteiger charge is 2.09. The van der Waals surface area contributed by atoms with Gasteiger partial charge in [-0.3, -0.25) is 4.79 Å². The Morgan fingerprint density at radius 1 is 1.38 bits per heavy atom. The molecule has 0 saturated carbocycles. The van der Waals surface area contributed by atoms with E-state index in [0.29, 0.717) is 6.42 Å². The van der Waals surface area contributed by atoms with E-state index < -0.39 is 0 Å². The molecule has 0 bridgehead atoms. The summed E-state index contributed by atoms with van der Waals surface area (Å²) in [6.45, 7) is 6.60. The first kappa shape index (κ1) is 12.4. The van der Waals surface area contributed by atoms with Gasteiger partial charge < -0.3 is 15.7 Å². The smallest absolute Gasteiger partial charge is 0.221 e. The third-order valence-corrected chi connectivity index (χ3v) is 1.73. The maximum Gasteiger partial charge on any atom is 0.221 e. The highest BCUT2D eigenvalue weighted by atomic mass is 16.3. The van der Waals surface area contributed by atoms with Crippen molar-refractivity contribution in [3.63, 3.8) is 0 Å². The molecule has 0 saturated heterocycles. The molecule has 0 rings (SSSR count). The molecule has 0 heterocycles. The summed E-state index contributed by atoms with van der Waals surface area (Å²) in [6, 6.07) is 0.0391. The predicted molar refractivity (Wildman–Crippen MR) is 52.4 cm³/mol. The van der Waals surface area contributed by atoms with Crippen LogP contribution in [-0.2, 0) is 4.79 Å². The highest BCUT2D eigenvalue weighted by Crippen LogP contribution is 1.91. The molecule has 4 heteroatoms. The van der Waals surface area contributed by atoms with Crippen molar-refractivity contribution in [2.45, 2.75) is 39.3 Å². The summed E-state index contributed by atoms with van der Waals surface area (Å²) >= 11 is 0. The molecule has 1 unspecified atom stereocenters. The average Bonchev–Trinajstić information content (AvgIpc) is 2.04. The topological polar surface area (TPSA) is 61.4 Å². The molecule has 13 heavy (non-hydrogen) atoms. The minimum atomic E-state index is -0.152. The number of amides is 1. The number of aliphatic hydroxyl groups excluding tert-OH is 1. The fourth-order valence-corrected chi connectivity index (χ4v) is 1.08. The van der Waals surface area contributed by atoms with Gasteiger partial charge in [0.15, 0.2) is 0 Å². The summed E-state index contributed by atoms with van der Waals surface area (Å²) in [4.78, 5) is 11.2. The van der Waals surface area contributed by atoms with Crippen LogP contribution >= 0.6 is 0 Å². The zero-order chi connectivity index (χ0) is 10.3. The monoisotopic (exact) mass is 188 g/mol. The highest BCUT2D eigenvalue weighted by molar-refractivity contribution is 5.76. The largest absolute Gasteiger partial charge is 0.394 e. The second kappa shape index (κ2) is 6.86. The first-order valence-electron chi connectivity index (χ1n) is 4.73. The van der Waals surface area contributed by atoms with Gasteiger partial charge >= 0.3 is 0 Å². The molecule has 0 aliphatic heterocycles. The van der Waals surface area contributed by atoms with E-state index in [1.54, 1.807) is 6.92 Å². The zero-order valence-corrected chi connectivity index (χ0v) is 8.63. The van der Waals surface area contributed by atoms with Crippen LogP contribution in [0.4, 0.5) is 0 Å². The first-order valence-corrected chi connectivity index (χ1v) is 4.73. The van der Waals surface area contributed by atoms with E-state index in [9.17, 15) is 4.79 Å². The zero-order valence-electron chi connectivity index (χ0n) is 8.63. The summed E-state index contributed by atoms with van der Waals surface area (Å²) in [5.41, 5.74) is 0. The molecule has 1 amide bonds. The Bertz CT molecular complexity index is 151. The van der Waals surface area contributed by atoms with Gasteiger partial charge in [-0.25, -0.2) is 0 Å². The van der Waals surface area contributed by atoms with Crippen LogP contribution in [0.5, 0.6) is 0 Å². The number of aliphatic hydroxyl groups is 1. The van der Waals surface area contributed by atoms with Crippen molar-refractivity contribution in [3.05, 3.63) is 0 Å². The summed E-state index contributed by atoms with van der Waals surface area (Å²) in [5.74, 6) is -0.0185. The van der Waals surface area contributed by atoms with Gasteiger partial charge in [0.2, 0.25) is 5.91 Å². The summed E-state index contributed by atoms with van der Waals surface area (Å²) in [5, 5.41) is 14.5. The lowest BCUT2D eigenvalue weighted by Gasteiger charge is -2.14. The molecule has 0 spiro atoms. The van der Waals surface area contributed by atoms with E-state index in [1.807, 2.05) is 13.8 Å². The van der Waals surface area contributed by atoms with E-state index in [1.165, 1.54) is 0 Å². The average molecular weight is 188 g/mol. The van der Waals surface area contributed by atoms with Gasteiger partial charge in [-0.2, -0.15) is 0 Å². The van der Waals surface area contributed by atoms with Gasteiger partial charge in [-0.15, -0.1) is 0 Å². The Balaban J connectivity index is 3.61. The quantitative estimate of drug-likeness (QED) is 0.544. The molecule has 78 valence electrons. The molecule has 0 aliphatic rings. The fraction of sp³-hybridized carbons (Fsp3) is 0.889. The van der Waals surface area contributed by atoms with E-state index >= 15 is 0 Å². The van der Waals surface area contributed by atoms with Crippen LogP contribution in [0.1, 0.15) is 27.2 Å². The number of nitrogens with one attached hydrogen (secondary N) is 2. The molecule has 3 N–H and O–H groups in total. The molecule has 0 aromatic rings. The van der Waals surface area contributed by atoms with Crippen molar-refractivity contribution in [2.75, 3.05) is 13.2 Å². The van der Waals surface area contributed by atoms with E-state index in [4.69, 9.17) is 5.11 Å². The Hall–Kier alpha value is -0.610. The Kier molecular flexibility index (Phi) is 6.54. The lowest BCUT2D eigenvalue weighted by atomic mass is 10.2. The van der Waals surface area contributed by atoms with Crippen molar-refractivity contribution in [1.29, 1.82) is 0 Å². The maximum atomic E-state index is 11.2. The number of carbonyl (C=O) groups is 1. The predicted octanol–water partition coefficient (Wildman–Crippen LogP) is -0.128. The fourth-order valence-electron chi connectivity index (χ4n) is 1.08. The summed E-state index contributed by atoms with van der Waals surface area (Å²) in [7, 11) is 0. The lowest BCUT2D eigenvalue weighted by Crippen LogP contribution is -2.39. The molecule has 0 radical (unpaired) electrons. The van der Waals surface area contributed by atoms with E-state index in [0.717, 1.165) is 6.54 Å². The van der Waals surface area contributed by atoms with Crippen LogP contribution in [0.2, 0.25) is 0 Å². The van der Waals surface area contributed by atoms with Gasteiger partial charge in [0.1, 0.15) is 0 Å². The summed E-state index contributed by atoms with van der Waals surface area (Å²) < 4.78 is 0. The second-order valence-electron chi connectivity index (χ2n) is 3.31. The standard InChI is InChI=1S/C9H20N2O2/c1-4-10-7(2)5-9(13)11-8(3)6-12/h7-8,10,12H,4-6H2,1-3H3,(H,11,13)/t7?,8-/m1/s1. The van der Waals surface area contributed by atoms with Crippen molar-refractivity contribution in [1.82, 2.24) is 10.6 Å². The van der Waals surface area contributed by atoms with E-state index in [-0.39, 0.29) is 24.6 Å². The SMILES string of the molecule is CCNC(C)CC(=O)N[C@H](C)CO. The van der Waals surface area contributed by atoms with Crippen LogP contribution < -0.4 is 10.6 Å². The van der Waals surface area contributed by atoms with Gasteiger partial charge in [-0.1, -0.05) is 6.92 Å². The van der Waals surface area contributed by atoms with Crippen LogP contribution in [0.25, 0.3) is 0 Å². The van der Waals surface area contributed by atoms with Crippen molar-refractivity contribution >= 4 is 5.91 Å².